The van der Waals surface area contributed by atoms with Crippen LogP contribution in [0.15, 0.2) is 40.5 Å². The van der Waals surface area contributed by atoms with Crippen LogP contribution in [0.4, 0.5) is 0 Å². The summed E-state index contributed by atoms with van der Waals surface area (Å²) < 4.78 is 5.09. The molecular formula is C16H17N3O4S. The fourth-order valence-corrected chi connectivity index (χ4v) is 2.74. The van der Waals surface area contributed by atoms with Gasteiger partial charge in [-0.1, -0.05) is 30.0 Å². The summed E-state index contributed by atoms with van der Waals surface area (Å²) in [6.45, 7) is 1.78. The molecule has 0 saturated carbocycles. The summed E-state index contributed by atoms with van der Waals surface area (Å²) in [5, 5.41) is 18.8. The number of aliphatic carboxylic acids is 1. The quantitative estimate of drug-likeness (QED) is 0.606. The van der Waals surface area contributed by atoms with Gasteiger partial charge in [0, 0.05) is 0 Å². The van der Waals surface area contributed by atoms with Crippen LogP contribution in [-0.2, 0) is 9.59 Å². The van der Waals surface area contributed by atoms with Crippen LogP contribution in [0.5, 0.6) is 5.75 Å². The minimum atomic E-state index is -1.02. The Morgan fingerprint density at radius 3 is 2.75 bits per heavy atom. The fourth-order valence-electron chi connectivity index (χ4n) is 1.83. The van der Waals surface area contributed by atoms with Crippen molar-refractivity contribution in [1.82, 2.24) is 5.32 Å². The maximum absolute atomic E-state index is 11.6. The molecular weight excluding hydrogens is 330 g/mol. The van der Waals surface area contributed by atoms with E-state index in [2.05, 4.69) is 15.5 Å². The third-order valence-corrected chi connectivity index (χ3v) is 4.14. The molecule has 1 aliphatic heterocycles. The smallest absolute Gasteiger partial charge is 0.305 e. The van der Waals surface area contributed by atoms with Crippen molar-refractivity contribution < 1.29 is 19.4 Å². The van der Waals surface area contributed by atoms with Gasteiger partial charge in [0.2, 0.25) is 5.91 Å². The zero-order chi connectivity index (χ0) is 17.5. The highest BCUT2D eigenvalue weighted by Gasteiger charge is 2.32. The predicted molar refractivity (Wildman–Crippen MR) is 94.3 cm³/mol. The largest absolute Gasteiger partial charge is 0.497 e. The number of nitrogens with one attached hydrogen (secondary N) is 1. The van der Waals surface area contributed by atoms with Crippen molar-refractivity contribution in [2.24, 2.45) is 10.2 Å². The first-order chi connectivity index (χ1) is 11.5. The lowest BCUT2D eigenvalue weighted by molar-refractivity contribution is -0.138. The van der Waals surface area contributed by atoms with E-state index in [9.17, 15) is 9.59 Å². The Labute approximate surface area is 143 Å². The highest BCUT2D eigenvalue weighted by atomic mass is 32.2. The molecule has 0 aliphatic carbocycles. The number of amidine groups is 1. The molecule has 1 aromatic carbocycles. The number of hydrogen-bond donors (Lipinski definition) is 2. The number of benzene rings is 1. The maximum Gasteiger partial charge on any atom is 0.305 e. The summed E-state index contributed by atoms with van der Waals surface area (Å²) in [4.78, 5) is 22.2. The van der Waals surface area contributed by atoms with Gasteiger partial charge < -0.3 is 15.2 Å². The lowest BCUT2D eigenvalue weighted by atomic mass is 10.2. The van der Waals surface area contributed by atoms with Crippen LogP contribution in [0.25, 0.3) is 6.08 Å². The summed E-state index contributed by atoms with van der Waals surface area (Å²) in [5.74, 6) is -0.595. The van der Waals surface area contributed by atoms with Crippen molar-refractivity contribution >= 4 is 40.6 Å². The molecule has 1 amide bonds. The van der Waals surface area contributed by atoms with Crippen molar-refractivity contribution in [3.63, 3.8) is 0 Å². The molecule has 2 rings (SSSR count). The van der Waals surface area contributed by atoms with Gasteiger partial charge in [0.25, 0.3) is 0 Å². The molecule has 24 heavy (non-hydrogen) atoms. The number of carbonyl (C=O) groups excluding carboxylic acids is 1. The second-order valence-corrected chi connectivity index (χ2v) is 6.14. The zero-order valence-corrected chi connectivity index (χ0v) is 14.0. The van der Waals surface area contributed by atoms with Gasteiger partial charge in [0.05, 0.1) is 19.2 Å². The Hall–Kier alpha value is -2.61. The molecule has 1 fully saturated rings. The molecule has 1 aromatic rings. The van der Waals surface area contributed by atoms with Crippen molar-refractivity contribution in [1.29, 1.82) is 0 Å². The molecule has 0 unspecified atom stereocenters. The van der Waals surface area contributed by atoms with Gasteiger partial charge in [-0.2, -0.15) is 5.10 Å². The van der Waals surface area contributed by atoms with Crippen LogP contribution in [0.1, 0.15) is 18.9 Å². The Morgan fingerprint density at radius 2 is 2.12 bits per heavy atom. The number of carbonyl (C=O) groups is 2. The molecule has 126 valence electrons. The molecule has 1 aliphatic rings. The first-order valence-electron chi connectivity index (χ1n) is 7.11. The monoisotopic (exact) mass is 347 g/mol. The van der Waals surface area contributed by atoms with E-state index in [0.717, 1.165) is 23.1 Å². The molecule has 1 atom stereocenters. The SMILES string of the molecule is COc1ccc(/C=C/C(C)=N/N=C2\NC(=O)[C@@H](CC(=O)O)S2)cc1. The van der Waals surface area contributed by atoms with Crippen LogP contribution >= 0.6 is 11.8 Å². The third kappa shape index (κ3) is 5.24. The number of carboxylic acid groups (broad SMARTS) is 1. The van der Waals surface area contributed by atoms with Crippen LogP contribution < -0.4 is 10.1 Å². The molecule has 1 heterocycles. The van der Waals surface area contributed by atoms with Gasteiger partial charge in [-0.25, -0.2) is 0 Å². The predicted octanol–water partition coefficient (Wildman–Crippen LogP) is 2.15. The molecule has 0 spiro atoms. The zero-order valence-electron chi connectivity index (χ0n) is 13.2. The van der Waals surface area contributed by atoms with Crippen molar-refractivity contribution in [2.45, 2.75) is 18.6 Å². The van der Waals surface area contributed by atoms with E-state index in [-0.39, 0.29) is 12.3 Å². The van der Waals surface area contributed by atoms with Gasteiger partial charge in [0.1, 0.15) is 11.0 Å². The maximum atomic E-state index is 11.6. The van der Waals surface area contributed by atoms with E-state index in [1.54, 1.807) is 20.1 Å². The Morgan fingerprint density at radius 1 is 1.42 bits per heavy atom. The summed E-state index contributed by atoms with van der Waals surface area (Å²) in [7, 11) is 1.61. The topological polar surface area (TPSA) is 100 Å². The Kier molecular flexibility index (Phi) is 6.14. The first-order valence-corrected chi connectivity index (χ1v) is 7.99. The fraction of sp³-hybridized carbons (Fsp3) is 0.250. The second-order valence-electron chi connectivity index (χ2n) is 4.95. The van der Waals surface area contributed by atoms with Gasteiger partial charge >= 0.3 is 5.97 Å². The van der Waals surface area contributed by atoms with E-state index in [1.165, 1.54) is 0 Å². The highest BCUT2D eigenvalue weighted by molar-refractivity contribution is 8.15. The van der Waals surface area contributed by atoms with Crippen molar-refractivity contribution in [3.8, 4) is 5.75 Å². The molecule has 1 saturated heterocycles. The van der Waals surface area contributed by atoms with Crippen molar-refractivity contribution in [2.75, 3.05) is 7.11 Å². The summed E-state index contributed by atoms with van der Waals surface area (Å²) in [6, 6.07) is 7.55. The normalized spacial score (nSPS) is 19.8. The van der Waals surface area contributed by atoms with Gasteiger partial charge in [-0.05, 0) is 30.7 Å². The average molecular weight is 347 g/mol. The van der Waals surface area contributed by atoms with Crippen molar-refractivity contribution in [3.05, 3.63) is 35.9 Å². The van der Waals surface area contributed by atoms with Gasteiger partial charge in [-0.3, -0.25) is 9.59 Å². The number of amides is 1. The minimum Gasteiger partial charge on any atom is -0.497 e. The van der Waals surface area contributed by atoms with Gasteiger partial charge in [0.15, 0.2) is 5.17 Å². The Balaban J connectivity index is 1.96. The van der Waals surface area contributed by atoms with E-state index < -0.39 is 11.2 Å². The number of rotatable bonds is 6. The number of hydrogen-bond acceptors (Lipinski definition) is 6. The van der Waals surface area contributed by atoms with E-state index >= 15 is 0 Å². The molecule has 0 bridgehead atoms. The van der Waals surface area contributed by atoms with Crippen LogP contribution in [0.2, 0.25) is 0 Å². The lowest BCUT2D eigenvalue weighted by Crippen LogP contribution is -2.26. The summed E-state index contributed by atoms with van der Waals surface area (Å²) in [6.07, 6.45) is 3.43. The third-order valence-electron chi connectivity index (χ3n) is 3.07. The molecule has 2 N–H and O–H groups in total. The van der Waals surface area contributed by atoms with E-state index in [4.69, 9.17) is 9.84 Å². The summed E-state index contributed by atoms with van der Waals surface area (Å²) >= 11 is 1.07. The minimum absolute atomic E-state index is 0.240. The molecule has 0 radical (unpaired) electrons. The number of ether oxygens (including phenoxy) is 1. The number of carboxylic acids is 1. The number of allylic oxidation sites excluding steroid dienone is 1. The van der Waals surface area contributed by atoms with Crippen LogP contribution in [0, 0.1) is 0 Å². The standard InChI is InChI=1S/C16H17N3O4S/c1-10(3-4-11-5-7-12(23-2)8-6-11)18-19-16-17-15(22)13(24-16)9-14(20)21/h3-8,13H,9H2,1-2H3,(H,20,21)(H,17,19,22)/b4-3+,18-10+/t13-/m1/s1. The highest BCUT2D eigenvalue weighted by Crippen LogP contribution is 2.22. The average Bonchev–Trinajstić information content (AvgIpc) is 2.90. The number of methoxy groups -OCH3 is 1. The molecule has 7 nitrogen and oxygen atoms in total. The summed E-state index contributed by atoms with van der Waals surface area (Å²) in [5.41, 5.74) is 1.64. The van der Waals surface area contributed by atoms with Crippen LogP contribution in [0.3, 0.4) is 0 Å². The molecule has 0 aromatic heterocycles. The van der Waals surface area contributed by atoms with Gasteiger partial charge in [-0.15, -0.1) is 5.10 Å². The van der Waals surface area contributed by atoms with E-state index in [1.807, 2.05) is 30.3 Å². The van der Waals surface area contributed by atoms with Crippen LogP contribution in [-0.4, -0.2) is 40.2 Å². The first kappa shape index (κ1) is 17.7. The number of thioether (sulfide) groups is 1. The second kappa shape index (κ2) is 8.30. The lowest BCUT2D eigenvalue weighted by Gasteiger charge is -1.99. The Bertz CT molecular complexity index is 711. The number of nitrogens with zero attached hydrogens (tertiary/aromatic N) is 2. The molecule has 8 heteroatoms. The van der Waals surface area contributed by atoms with E-state index in [0.29, 0.717) is 10.9 Å².